The molecule has 0 aromatic heterocycles. The standard InChI is InChI=1S/C6H14O2Se/c1-5(2)9(7,8)6(3)4/h5-6H,1-4H3. The summed E-state index contributed by atoms with van der Waals surface area (Å²) in [4.78, 5) is -0.331. The molecule has 0 fully saturated rings. The van der Waals surface area contributed by atoms with Gasteiger partial charge in [-0.15, -0.1) is 0 Å². The van der Waals surface area contributed by atoms with Crippen LogP contribution in [0.5, 0.6) is 0 Å². The van der Waals surface area contributed by atoms with E-state index in [-0.39, 0.29) is 9.63 Å². The summed E-state index contributed by atoms with van der Waals surface area (Å²) in [6.45, 7) is 6.94. The van der Waals surface area contributed by atoms with Gasteiger partial charge in [-0.3, -0.25) is 0 Å². The summed E-state index contributed by atoms with van der Waals surface area (Å²) in [5.41, 5.74) is 0. The predicted molar refractivity (Wildman–Crippen MR) is 37.3 cm³/mol. The van der Waals surface area contributed by atoms with Crippen molar-refractivity contribution in [2.24, 2.45) is 0 Å². The third-order valence-corrected chi connectivity index (χ3v) is 6.83. The van der Waals surface area contributed by atoms with Gasteiger partial charge < -0.3 is 0 Å². The molecular formula is C6H14O2Se. The van der Waals surface area contributed by atoms with Gasteiger partial charge in [-0.1, -0.05) is 0 Å². The van der Waals surface area contributed by atoms with Crippen molar-refractivity contribution in [3.05, 3.63) is 0 Å². The number of rotatable bonds is 2. The van der Waals surface area contributed by atoms with Crippen LogP contribution in [0.2, 0.25) is 9.63 Å². The van der Waals surface area contributed by atoms with Crippen molar-refractivity contribution in [2.45, 2.75) is 37.3 Å². The molecule has 0 aliphatic rings. The summed E-state index contributed by atoms with van der Waals surface area (Å²) >= 11 is -3.53. The summed E-state index contributed by atoms with van der Waals surface area (Å²) in [6.07, 6.45) is 0. The molecule has 0 heterocycles. The normalized spacial score (nSPS) is 13.1. The van der Waals surface area contributed by atoms with E-state index in [0.717, 1.165) is 0 Å². The zero-order chi connectivity index (χ0) is 7.65. The van der Waals surface area contributed by atoms with Gasteiger partial charge in [0.1, 0.15) is 0 Å². The molecule has 2 nitrogen and oxygen atoms in total. The Kier molecular flexibility index (Phi) is 2.84. The van der Waals surface area contributed by atoms with Crippen molar-refractivity contribution >= 4 is 12.7 Å². The molecule has 0 radical (unpaired) electrons. The van der Waals surface area contributed by atoms with Crippen LogP contribution < -0.4 is 0 Å². The number of hydrogen-bond donors (Lipinski definition) is 0. The second-order valence-electron chi connectivity index (χ2n) is 2.69. The summed E-state index contributed by atoms with van der Waals surface area (Å²) in [5, 5.41) is 0. The Bertz CT molecular complexity index is 151. The molecule has 0 N–H and O–H groups in total. The third kappa shape index (κ3) is 2.07. The molecule has 0 atom stereocenters. The molecule has 0 bridgehead atoms. The Morgan fingerprint density at radius 3 is 1.11 bits per heavy atom. The summed E-state index contributed by atoms with van der Waals surface area (Å²) < 4.78 is 22.2. The van der Waals surface area contributed by atoms with E-state index in [2.05, 4.69) is 0 Å². The first-order chi connectivity index (χ1) is 3.89. The fourth-order valence-corrected chi connectivity index (χ4v) is 2.83. The van der Waals surface area contributed by atoms with Crippen molar-refractivity contribution in [1.29, 1.82) is 0 Å². The van der Waals surface area contributed by atoms with Crippen LogP contribution in [0.4, 0.5) is 0 Å². The van der Waals surface area contributed by atoms with E-state index in [1.54, 1.807) is 27.7 Å². The molecule has 0 aromatic rings. The van der Waals surface area contributed by atoms with Crippen molar-refractivity contribution < 1.29 is 7.67 Å². The molecule has 0 rings (SSSR count). The van der Waals surface area contributed by atoms with Crippen LogP contribution in [-0.4, -0.2) is 12.7 Å². The Morgan fingerprint density at radius 1 is 0.889 bits per heavy atom. The summed E-state index contributed by atoms with van der Waals surface area (Å²) in [6, 6.07) is 0. The van der Waals surface area contributed by atoms with Gasteiger partial charge >= 0.3 is 57.7 Å². The van der Waals surface area contributed by atoms with E-state index in [9.17, 15) is 7.67 Å². The zero-order valence-corrected chi connectivity index (χ0v) is 8.09. The molecule has 0 aromatic carbocycles. The van der Waals surface area contributed by atoms with Crippen molar-refractivity contribution in [3.63, 3.8) is 0 Å². The van der Waals surface area contributed by atoms with Gasteiger partial charge in [0, 0.05) is 0 Å². The topological polar surface area (TPSA) is 34.1 Å². The fraction of sp³-hybridized carbons (Fsp3) is 1.00. The van der Waals surface area contributed by atoms with Crippen molar-refractivity contribution in [3.8, 4) is 0 Å². The van der Waals surface area contributed by atoms with Gasteiger partial charge in [0.15, 0.2) is 0 Å². The van der Waals surface area contributed by atoms with E-state index in [1.807, 2.05) is 0 Å². The molecule has 0 saturated carbocycles. The minimum absolute atomic E-state index is 0.166. The van der Waals surface area contributed by atoms with Crippen LogP contribution in [0.3, 0.4) is 0 Å². The predicted octanol–water partition coefficient (Wildman–Crippen LogP) is 2.11. The molecule has 0 aliphatic heterocycles. The molecule has 0 amide bonds. The van der Waals surface area contributed by atoms with Crippen molar-refractivity contribution in [2.75, 3.05) is 0 Å². The van der Waals surface area contributed by atoms with Crippen LogP contribution in [0.25, 0.3) is 0 Å². The first kappa shape index (κ1) is 9.12. The van der Waals surface area contributed by atoms with Gasteiger partial charge in [0.2, 0.25) is 0 Å². The maximum absolute atomic E-state index is 11.1. The van der Waals surface area contributed by atoms with Crippen LogP contribution >= 0.6 is 0 Å². The molecule has 3 heteroatoms. The second kappa shape index (κ2) is 2.80. The molecular weight excluding hydrogens is 183 g/mol. The SMILES string of the molecule is CC(C)[Se](=O)(=O)C(C)C. The molecule has 56 valence electrons. The van der Waals surface area contributed by atoms with E-state index in [0.29, 0.717) is 0 Å². The fourth-order valence-electron chi connectivity index (χ4n) is 0.544. The van der Waals surface area contributed by atoms with Gasteiger partial charge in [0.05, 0.1) is 0 Å². The Morgan fingerprint density at radius 2 is 1.11 bits per heavy atom. The average Bonchev–Trinajstić information content (AvgIpc) is 1.65. The first-order valence-electron chi connectivity index (χ1n) is 3.11. The van der Waals surface area contributed by atoms with Crippen LogP contribution in [0.1, 0.15) is 27.7 Å². The Hall–Kier alpha value is 0.119. The molecule has 0 spiro atoms. The van der Waals surface area contributed by atoms with Gasteiger partial charge in [0.25, 0.3) is 0 Å². The molecule has 9 heavy (non-hydrogen) atoms. The third-order valence-electron chi connectivity index (χ3n) is 1.31. The van der Waals surface area contributed by atoms with E-state index < -0.39 is 12.7 Å². The Balaban J connectivity index is 4.42. The first-order valence-corrected chi connectivity index (χ1v) is 6.49. The minimum atomic E-state index is -3.53. The molecule has 0 aliphatic carbocycles. The average molecular weight is 197 g/mol. The summed E-state index contributed by atoms with van der Waals surface area (Å²) in [5.74, 6) is 0. The van der Waals surface area contributed by atoms with Crippen LogP contribution in [-0.2, 0) is 7.67 Å². The van der Waals surface area contributed by atoms with Gasteiger partial charge in [-0.2, -0.15) is 0 Å². The Labute approximate surface area is 58.3 Å². The van der Waals surface area contributed by atoms with E-state index in [1.165, 1.54) is 0 Å². The van der Waals surface area contributed by atoms with Crippen LogP contribution in [0.15, 0.2) is 0 Å². The quantitative estimate of drug-likeness (QED) is 0.635. The van der Waals surface area contributed by atoms with E-state index >= 15 is 0 Å². The maximum atomic E-state index is 11.1. The van der Waals surface area contributed by atoms with E-state index in [4.69, 9.17) is 0 Å². The second-order valence-corrected chi connectivity index (χ2v) is 9.11. The zero-order valence-electron chi connectivity index (χ0n) is 6.38. The monoisotopic (exact) mass is 198 g/mol. The molecule has 0 unspecified atom stereocenters. The molecule has 0 saturated heterocycles. The van der Waals surface area contributed by atoms with Gasteiger partial charge in [-0.05, 0) is 0 Å². The van der Waals surface area contributed by atoms with Gasteiger partial charge in [-0.25, -0.2) is 0 Å². The summed E-state index contributed by atoms with van der Waals surface area (Å²) in [7, 11) is 0. The number of hydrogen-bond acceptors (Lipinski definition) is 2. The van der Waals surface area contributed by atoms with Crippen LogP contribution in [0, 0.1) is 0 Å². The van der Waals surface area contributed by atoms with Crippen molar-refractivity contribution in [1.82, 2.24) is 0 Å².